The molecule has 142 valence electrons. The number of hydrogen-bond acceptors (Lipinski definition) is 3. The number of rotatable bonds is 6. The van der Waals surface area contributed by atoms with E-state index in [-0.39, 0.29) is 35.8 Å². The van der Waals surface area contributed by atoms with E-state index in [1.807, 2.05) is 12.1 Å². The first-order valence-corrected chi connectivity index (χ1v) is 8.62. The van der Waals surface area contributed by atoms with Crippen molar-refractivity contribution in [1.29, 1.82) is 0 Å². The molecular weight excluding hydrogens is 434 g/mol. The summed E-state index contributed by atoms with van der Waals surface area (Å²) in [4.78, 5) is 6.65. The fraction of sp³-hybridized carbons (Fsp3) is 0.611. The van der Waals surface area contributed by atoms with Crippen molar-refractivity contribution in [2.75, 3.05) is 46.4 Å². The van der Waals surface area contributed by atoms with E-state index in [1.54, 1.807) is 7.05 Å². The lowest BCUT2D eigenvalue weighted by Crippen LogP contribution is -2.46. The summed E-state index contributed by atoms with van der Waals surface area (Å²) in [5, 5.41) is 6.72. The molecule has 0 amide bonds. The Hall–Kier alpha value is -0.930. The first-order chi connectivity index (χ1) is 11.6. The van der Waals surface area contributed by atoms with Gasteiger partial charge in [-0.2, -0.15) is 0 Å². The van der Waals surface area contributed by atoms with Crippen molar-refractivity contribution in [3.63, 3.8) is 0 Å². The molecule has 1 saturated heterocycles. The number of halogens is 2. The van der Waals surface area contributed by atoms with E-state index in [4.69, 9.17) is 4.74 Å². The lowest BCUT2D eigenvalue weighted by Gasteiger charge is -2.35. The van der Waals surface area contributed by atoms with Gasteiger partial charge in [-0.15, -0.1) is 24.0 Å². The van der Waals surface area contributed by atoms with Gasteiger partial charge < -0.3 is 15.4 Å². The second-order valence-electron chi connectivity index (χ2n) is 6.44. The molecule has 1 aromatic carbocycles. The highest BCUT2D eigenvalue weighted by atomic mass is 127. The topological polar surface area (TPSA) is 48.9 Å². The number of benzene rings is 1. The number of hydrogen-bond donors (Lipinski definition) is 2. The highest BCUT2D eigenvalue weighted by molar-refractivity contribution is 14.0. The highest BCUT2D eigenvalue weighted by Crippen LogP contribution is 2.21. The number of ether oxygens (including phenoxy) is 1. The standard InChI is InChI=1S/C18H29FN4O.HI/c1-14(2)12-21-18(20-3)22-13-17(23-8-10-24-11-9-23)15-4-6-16(19)7-5-15;/h4-7,14,17H,8-13H2,1-3H3,(H2,20,21,22);1H. The van der Waals surface area contributed by atoms with E-state index in [9.17, 15) is 4.39 Å². The summed E-state index contributed by atoms with van der Waals surface area (Å²) in [6, 6.07) is 6.93. The molecule has 0 aliphatic carbocycles. The number of morpholine rings is 1. The van der Waals surface area contributed by atoms with Crippen LogP contribution < -0.4 is 10.6 Å². The molecule has 1 heterocycles. The fourth-order valence-corrected chi connectivity index (χ4v) is 2.75. The maximum atomic E-state index is 13.3. The molecule has 0 radical (unpaired) electrons. The van der Waals surface area contributed by atoms with Crippen LogP contribution in [-0.4, -0.2) is 57.3 Å². The molecule has 1 fully saturated rings. The minimum absolute atomic E-state index is 0. The molecule has 0 aromatic heterocycles. The van der Waals surface area contributed by atoms with Gasteiger partial charge in [0.25, 0.3) is 0 Å². The Morgan fingerprint density at radius 2 is 1.76 bits per heavy atom. The molecule has 2 N–H and O–H groups in total. The van der Waals surface area contributed by atoms with Gasteiger partial charge in [-0.1, -0.05) is 26.0 Å². The molecule has 1 aliphatic heterocycles. The van der Waals surface area contributed by atoms with Crippen LogP contribution >= 0.6 is 24.0 Å². The van der Waals surface area contributed by atoms with Crippen molar-refractivity contribution in [2.24, 2.45) is 10.9 Å². The van der Waals surface area contributed by atoms with Crippen molar-refractivity contribution in [3.8, 4) is 0 Å². The van der Waals surface area contributed by atoms with E-state index in [2.05, 4.69) is 34.4 Å². The molecule has 0 spiro atoms. The minimum atomic E-state index is -0.207. The average Bonchev–Trinajstić information content (AvgIpc) is 2.60. The quantitative estimate of drug-likeness (QED) is 0.386. The number of guanidine groups is 1. The normalized spacial score (nSPS) is 17.1. The van der Waals surface area contributed by atoms with Gasteiger partial charge >= 0.3 is 0 Å². The first kappa shape index (κ1) is 22.1. The summed E-state index contributed by atoms with van der Waals surface area (Å²) in [7, 11) is 1.78. The molecule has 1 unspecified atom stereocenters. The predicted octanol–water partition coefficient (Wildman–Crippen LogP) is 2.64. The van der Waals surface area contributed by atoms with Crippen LogP contribution in [0.1, 0.15) is 25.5 Å². The fourth-order valence-electron chi connectivity index (χ4n) is 2.75. The molecule has 7 heteroatoms. The Balaban J connectivity index is 0.00000312. The largest absolute Gasteiger partial charge is 0.379 e. The number of nitrogens with one attached hydrogen (secondary N) is 2. The summed E-state index contributed by atoms with van der Waals surface area (Å²) < 4.78 is 18.7. The van der Waals surface area contributed by atoms with Crippen molar-refractivity contribution in [3.05, 3.63) is 35.6 Å². The van der Waals surface area contributed by atoms with E-state index < -0.39 is 0 Å². The molecule has 0 saturated carbocycles. The lowest BCUT2D eigenvalue weighted by molar-refractivity contribution is 0.0170. The predicted molar refractivity (Wildman–Crippen MR) is 111 cm³/mol. The van der Waals surface area contributed by atoms with Crippen LogP contribution in [0.3, 0.4) is 0 Å². The third-order valence-electron chi connectivity index (χ3n) is 4.11. The van der Waals surface area contributed by atoms with Crippen LogP contribution in [-0.2, 0) is 4.74 Å². The smallest absolute Gasteiger partial charge is 0.191 e. The maximum absolute atomic E-state index is 13.3. The number of nitrogens with zero attached hydrogens (tertiary/aromatic N) is 2. The van der Waals surface area contributed by atoms with Crippen LogP contribution in [0.4, 0.5) is 4.39 Å². The molecule has 0 bridgehead atoms. The maximum Gasteiger partial charge on any atom is 0.191 e. The summed E-state index contributed by atoms with van der Waals surface area (Å²) in [6.07, 6.45) is 0. The van der Waals surface area contributed by atoms with E-state index in [1.165, 1.54) is 12.1 Å². The van der Waals surface area contributed by atoms with Gasteiger partial charge in [0.1, 0.15) is 5.82 Å². The zero-order valence-electron chi connectivity index (χ0n) is 15.3. The Morgan fingerprint density at radius 1 is 1.16 bits per heavy atom. The SMILES string of the molecule is CN=C(NCC(C)C)NCC(c1ccc(F)cc1)N1CCOCC1.I. The molecule has 25 heavy (non-hydrogen) atoms. The molecule has 5 nitrogen and oxygen atoms in total. The van der Waals surface area contributed by atoms with Gasteiger partial charge in [0.15, 0.2) is 5.96 Å². The number of aliphatic imine (C=N–C) groups is 1. The lowest BCUT2D eigenvalue weighted by atomic mass is 10.0. The van der Waals surface area contributed by atoms with Gasteiger partial charge in [0.05, 0.1) is 19.3 Å². The van der Waals surface area contributed by atoms with Crippen LogP contribution in [0.15, 0.2) is 29.3 Å². The summed E-state index contributed by atoms with van der Waals surface area (Å²) in [5.74, 6) is 1.14. The average molecular weight is 464 g/mol. The van der Waals surface area contributed by atoms with Crippen LogP contribution in [0, 0.1) is 11.7 Å². The first-order valence-electron chi connectivity index (χ1n) is 8.62. The summed E-state index contributed by atoms with van der Waals surface area (Å²) in [5.41, 5.74) is 1.10. The van der Waals surface area contributed by atoms with Gasteiger partial charge in [-0.05, 0) is 23.6 Å². The van der Waals surface area contributed by atoms with Crippen molar-refractivity contribution in [2.45, 2.75) is 19.9 Å². The van der Waals surface area contributed by atoms with Crippen LogP contribution in [0.2, 0.25) is 0 Å². The van der Waals surface area contributed by atoms with Gasteiger partial charge in [-0.3, -0.25) is 9.89 Å². The molecule has 1 aromatic rings. The van der Waals surface area contributed by atoms with Crippen molar-refractivity contribution >= 4 is 29.9 Å². The monoisotopic (exact) mass is 464 g/mol. The Labute approximate surface area is 167 Å². The zero-order valence-corrected chi connectivity index (χ0v) is 17.6. The molecule has 2 rings (SSSR count). The summed E-state index contributed by atoms with van der Waals surface area (Å²) >= 11 is 0. The van der Waals surface area contributed by atoms with E-state index in [0.717, 1.165) is 44.4 Å². The Bertz CT molecular complexity index is 518. The Morgan fingerprint density at radius 3 is 2.32 bits per heavy atom. The highest BCUT2D eigenvalue weighted by Gasteiger charge is 2.23. The zero-order chi connectivity index (χ0) is 17.4. The van der Waals surface area contributed by atoms with E-state index in [0.29, 0.717) is 12.5 Å². The second-order valence-corrected chi connectivity index (χ2v) is 6.44. The van der Waals surface area contributed by atoms with Gasteiger partial charge in [-0.25, -0.2) is 4.39 Å². The van der Waals surface area contributed by atoms with Crippen molar-refractivity contribution in [1.82, 2.24) is 15.5 Å². The Kier molecular flexibility index (Phi) is 10.3. The van der Waals surface area contributed by atoms with Crippen LogP contribution in [0.5, 0.6) is 0 Å². The molecule has 1 aliphatic rings. The van der Waals surface area contributed by atoms with Crippen LogP contribution in [0.25, 0.3) is 0 Å². The third-order valence-corrected chi connectivity index (χ3v) is 4.11. The van der Waals surface area contributed by atoms with Gasteiger partial charge in [0, 0.05) is 33.2 Å². The minimum Gasteiger partial charge on any atom is -0.379 e. The third kappa shape index (κ3) is 7.45. The summed E-state index contributed by atoms with van der Waals surface area (Å²) in [6.45, 7) is 9.13. The van der Waals surface area contributed by atoms with Crippen molar-refractivity contribution < 1.29 is 9.13 Å². The molecular formula is C18H30FIN4O. The second kappa shape index (κ2) is 11.6. The van der Waals surface area contributed by atoms with E-state index >= 15 is 0 Å². The van der Waals surface area contributed by atoms with Gasteiger partial charge in [0.2, 0.25) is 0 Å². The molecule has 1 atom stereocenters.